The summed E-state index contributed by atoms with van der Waals surface area (Å²) >= 11 is 0. The highest BCUT2D eigenvalue weighted by Crippen LogP contribution is 2.27. The Labute approximate surface area is 174 Å². The van der Waals surface area contributed by atoms with Gasteiger partial charge in [-0.25, -0.2) is 15.0 Å². The number of aryl methyl sites for hydroxylation is 2. The zero-order chi connectivity index (χ0) is 21.8. The van der Waals surface area contributed by atoms with E-state index in [1.54, 1.807) is 22.8 Å². The first kappa shape index (κ1) is 21.3. The lowest BCUT2D eigenvalue weighted by molar-refractivity contribution is 0.0537. The van der Waals surface area contributed by atoms with Crippen LogP contribution in [0, 0.1) is 13.8 Å². The number of rotatable bonds is 7. The fourth-order valence-electron chi connectivity index (χ4n) is 3.06. The van der Waals surface area contributed by atoms with Crippen molar-refractivity contribution >= 4 is 28.8 Å². The molecule has 9 heteroatoms. The van der Waals surface area contributed by atoms with Crippen LogP contribution >= 0.6 is 0 Å². The van der Waals surface area contributed by atoms with Crippen molar-refractivity contribution in [3.05, 3.63) is 53.0 Å². The molecule has 1 atom stereocenters. The van der Waals surface area contributed by atoms with Crippen LogP contribution in [0.1, 0.15) is 52.1 Å². The van der Waals surface area contributed by atoms with E-state index in [9.17, 15) is 9.59 Å². The lowest BCUT2D eigenvalue weighted by Crippen LogP contribution is -2.32. The fraction of sp³-hybridized carbons (Fsp3) is 0.333. The second-order valence-corrected chi connectivity index (χ2v) is 7.14. The molecule has 0 radical (unpaired) electrons. The molecule has 0 aliphatic carbocycles. The van der Waals surface area contributed by atoms with E-state index in [4.69, 9.17) is 4.84 Å². The maximum atomic E-state index is 12.7. The molecule has 2 amide bonds. The van der Waals surface area contributed by atoms with E-state index in [1.165, 1.54) is 13.4 Å². The molecule has 1 aromatic carbocycles. The Morgan fingerprint density at radius 3 is 2.70 bits per heavy atom. The minimum absolute atomic E-state index is 0.0761. The molecule has 3 rings (SSSR count). The topological polar surface area (TPSA) is 110 Å². The molecule has 2 heterocycles. The molecule has 0 aliphatic rings. The van der Waals surface area contributed by atoms with Gasteiger partial charge < -0.3 is 10.6 Å². The third kappa shape index (κ3) is 4.25. The number of carbonyl (C=O) groups is 2. The molecule has 0 bridgehead atoms. The van der Waals surface area contributed by atoms with Gasteiger partial charge in [0.1, 0.15) is 11.8 Å². The van der Waals surface area contributed by atoms with Gasteiger partial charge in [-0.1, -0.05) is 13.0 Å². The predicted molar refractivity (Wildman–Crippen MR) is 114 cm³/mol. The molecule has 3 aromatic rings. The standard InChI is InChI=1S/C21H26N6O3/c1-6-13(3)24-21(29)16-10-27-18(14(16)4)19(22-11-23-27)25-17-9-15(8-7-12(17)2)20(28)26-30-5/h7-11,13H,6H2,1-5H3,(H,24,29)(H,26,28)(H,22,23,25). The normalized spacial score (nSPS) is 11.9. The summed E-state index contributed by atoms with van der Waals surface area (Å²) in [7, 11) is 1.38. The van der Waals surface area contributed by atoms with Gasteiger partial charge in [0, 0.05) is 23.5 Å². The van der Waals surface area contributed by atoms with Crippen LogP contribution in [-0.2, 0) is 4.84 Å². The lowest BCUT2D eigenvalue weighted by Gasteiger charge is -2.12. The average Bonchev–Trinajstić information content (AvgIpc) is 3.07. The van der Waals surface area contributed by atoms with E-state index >= 15 is 0 Å². The van der Waals surface area contributed by atoms with Crippen molar-refractivity contribution in [3.63, 3.8) is 0 Å². The van der Waals surface area contributed by atoms with E-state index in [-0.39, 0.29) is 17.9 Å². The van der Waals surface area contributed by atoms with Crippen LogP contribution in [0.4, 0.5) is 11.5 Å². The number of benzene rings is 1. The smallest absolute Gasteiger partial charge is 0.274 e. The highest BCUT2D eigenvalue weighted by Gasteiger charge is 2.19. The zero-order valence-corrected chi connectivity index (χ0v) is 17.7. The highest BCUT2D eigenvalue weighted by molar-refractivity contribution is 5.99. The molecule has 0 fully saturated rings. The largest absolute Gasteiger partial charge is 0.350 e. The van der Waals surface area contributed by atoms with Crippen molar-refractivity contribution in [2.75, 3.05) is 12.4 Å². The second kappa shape index (κ2) is 8.91. The fourth-order valence-corrected chi connectivity index (χ4v) is 3.06. The van der Waals surface area contributed by atoms with E-state index in [0.29, 0.717) is 28.1 Å². The Hall–Kier alpha value is -3.46. The molecule has 2 aromatic heterocycles. The molecule has 0 spiro atoms. The van der Waals surface area contributed by atoms with Crippen LogP contribution in [0.15, 0.2) is 30.7 Å². The van der Waals surface area contributed by atoms with Crippen molar-refractivity contribution in [1.29, 1.82) is 0 Å². The summed E-state index contributed by atoms with van der Waals surface area (Å²) in [5.74, 6) is 0.0430. The molecule has 3 N–H and O–H groups in total. The van der Waals surface area contributed by atoms with E-state index in [2.05, 4.69) is 26.2 Å². The van der Waals surface area contributed by atoms with Gasteiger partial charge in [0.05, 0.1) is 12.7 Å². The number of hydrogen-bond donors (Lipinski definition) is 3. The summed E-state index contributed by atoms with van der Waals surface area (Å²) in [6, 6.07) is 5.34. The number of nitrogens with zero attached hydrogens (tertiary/aromatic N) is 3. The Morgan fingerprint density at radius 2 is 2.00 bits per heavy atom. The van der Waals surface area contributed by atoms with E-state index in [0.717, 1.165) is 17.5 Å². The number of hydrogen-bond acceptors (Lipinski definition) is 6. The first-order valence-electron chi connectivity index (χ1n) is 9.70. The number of amides is 2. The number of fused-ring (bicyclic) bond motifs is 1. The maximum absolute atomic E-state index is 12.7. The van der Waals surface area contributed by atoms with Gasteiger partial charge >= 0.3 is 0 Å². The average molecular weight is 410 g/mol. The zero-order valence-electron chi connectivity index (χ0n) is 17.7. The van der Waals surface area contributed by atoms with Crippen LogP contribution in [0.25, 0.3) is 5.52 Å². The summed E-state index contributed by atoms with van der Waals surface area (Å²) in [6.45, 7) is 7.77. The number of aromatic nitrogens is 3. The van der Waals surface area contributed by atoms with Crippen LogP contribution in [0.5, 0.6) is 0 Å². The van der Waals surface area contributed by atoms with Crippen molar-refractivity contribution in [1.82, 2.24) is 25.4 Å². The lowest BCUT2D eigenvalue weighted by atomic mass is 10.1. The minimum Gasteiger partial charge on any atom is -0.350 e. The predicted octanol–water partition coefficient (Wildman–Crippen LogP) is 2.91. The van der Waals surface area contributed by atoms with E-state index < -0.39 is 0 Å². The SMILES string of the molecule is CCC(C)NC(=O)c1cn2ncnc(Nc3cc(C(=O)NOC)ccc3C)c2c1C. The minimum atomic E-state index is -0.351. The third-order valence-corrected chi connectivity index (χ3v) is 5.01. The molecule has 0 saturated carbocycles. The van der Waals surface area contributed by atoms with Gasteiger partial charge in [-0.3, -0.25) is 14.4 Å². The number of carbonyl (C=O) groups excluding carboxylic acids is 2. The van der Waals surface area contributed by atoms with Crippen LogP contribution in [0.2, 0.25) is 0 Å². The van der Waals surface area contributed by atoms with E-state index in [1.807, 2.05) is 33.8 Å². The monoisotopic (exact) mass is 410 g/mol. The van der Waals surface area contributed by atoms with Gasteiger partial charge in [-0.05, 0) is 50.5 Å². The number of nitrogens with one attached hydrogen (secondary N) is 3. The molecular weight excluding hydrogens is 384 g/mol. The summed E-state index contributed by atoms with van der Waals surface area (Å²) in [5.41, 5.74) is 6.40. The summed E-state index contributed by atoms with van der Waals surface area (Å²) in [5, 5.41) is 10.5. The molecule has 0 saturated heterocycles. The molecule has 9 nitrogen and oxygen atoms in total. The Kier molecular flexibility index (Phi) is 6.31. The molecule has 30 heavy (non-hydrogen) atoms. The van der Waals surface area contributed by atoms with Crippen molar-refractivity contribution in [2.24, 2.45) is 0 Å². The molecule has 158 valence electrons. The van der Waals surface area contributed by atoms with Crippen LogP contribution in [0.3, 0.4) is 0 Å². The van der Waals surface area contributed by atoms with Gasteiger partial charge in [0.25, 0.3) is 11.8 Å². The molecule has 1 unspecified atom stereocenters. The first-order valence-corrected chi connectivity index (χ1v) is 9.70. The van der Waals surface area contributed by atoms with Gasteiger partial charge in [-0.15, -0.1) is 0 Å². The molecular formula is C21H26N6O3. The Morgan fingerprint density at radius 1 is 1.23 bits per heavy atom. The molecule has 0 aliphatic heterocycles. The van der Waals surface area contributed by atoms with Gasteiger partial charge in [-0.2, -0.15) is 5.10 Å². The maximum Gasteiger partial charge on any atom is 0.274 e. The highest BCUT2D eigenvalue weighted by atomic mass is 16.6. The van der Waals surface area contributed by atoms with Crippen molar-refractivity contribution in [3.8, 4) is 0 Å². The van der Waals surface area contributed by atoms with Crippen LogP contribution < -0.4 is 16.1 Å². The van der Waals surface area contributed by atoms with Crippen molar-refractivity contribution < 1.29 is 14.4 Å². The third-order valence-electron chi connectivity index (χ3n) is 5.01. The number of hydroxylamine groups is 1. The quantitative estimate of drug-likeness (QED) is 0.517. The summed E-state index contributed by atoms with van der Waals surface area (Å²) < 4.78 is 1.63. The second-order valence-electron chi connectivity index (χ2n) is 7.14. The van der Waals surface area contributed by atoms with Gasteiger partial charge in [0.15, 0.2) is 5.82 Å². The van der Waals surface area contributed by atoms with Crippen LogP contribution in [-0.4, -0.2) is 39.6 Å². The Balaban J connectivity index is 1.99. The number of anilines is 2. The Bertz CT molecular complexity index is 1090. The first-order chi connectivity index (χ1) is 14.3. The summed E-state index contributed by atoms with van der Waals surface area (Å²) in [4.78, 5) is 33.8. The summed E-state index contributed by atoms with van der Waals surface area (Å²) in [6.07, 6.45) is 3.96. The van der Waals surface area contributed by atoms with Gasteiger partial charge in [0.2, 0.25) is 0 Å². The van der Waals surface area contributed by atoms with Crippen molar-refractivity contribution in [2.45, 2.75) is 40.2 Å².